The van der Waals surface area contributed by atoms with E-state index in [1.54, 1.807) is 37.4 Å². The van der Waals surface area contributed by atoms with Gasteiger partial charge in [-0.2, -0.15) is 0 Å². The van der Waals surface area contributed by atoms with Crippen molar-refractivity contribution in [1.82, 2.24) is 25.3 Å². The minimum Gasteiger partial charge on any atom is -0.346 e. The molecule has 2 aromatic heterocycles. The zero-order valence-electron chi connectivity index (χ0n) is 17.3. The van der Waals surface area contributed by atoms with Gasteiger partial charge in [0.25, 0.3) is 5.91 Å². The first kappa shape index (κ1) is 20.4. The van der Waals surface area contributed by atoms with Gasteiger partial charge in [-0.25, -0.2) is 9.07 Å². The van der Waals surface area contributed by atoms with Crippen molar-refractivity contribution in [2.24, 2.45) is 0 Å². The van der Waals surface area contributed by atoms with E-state index in [4.69, 9.17) is 0 Å². The number of benzene rings is 2. The van der Waals surface area contributed by atoms with Crippen LogP contribution in [0.15, 0.2) is 66.9 Å². The Bertz CT molecular complexity index is 1200. The van der Waals surface area contributed by atoms with Crippen molar-refractivity contribution in [1.29, 1.82) is 0 Å². The summed E-state index contributed by atoms with van der Waals surface area (Å²) in [5.41, 5.74) is 4.46. The summed E-state index contributed by atoms with van der Waals surface area (Å²) in [6.45, 7) is 4.14. The highest BCUT2D eigenvalue weighted by molar-refractivity contribution is 5.97. The second-order valence-electron chi connectivity index (χ2n) is 7.20. The summed E-state index contributed by atoms with van der Waals surface area (Å²) in [4.78, 5) is 17.4. The molecule has 0 spiro atoms. The van der Waals surface area contributed by atoms with Crippen molar-refractivity contribution in [2.75, 3.05) is 0 Å². The van der Waals surface area contributed by atoms with E-state index in [2.05, 4.69) is 27.5 Å². The molecule has 0 aliphatic rings. The second kappa shape index (κ2) is 8.87. The largest absolute Gasteiger partial charge is 0.346 e. The van der Waals surface area contributed by atoms with Gasteiger partial charge in [0, 0.05) is 12.7 Å². The van der Waals surface area contributed by atoms with E-state index in [0.717, 1.165) is 12.0 Å². The van der Waals surface area contributed by atoms with Crippen LogP contribution in [0.2, 0.25) is 0 Å². The molecule has 0 aliphatic heterocycles. The van der Waals surface area contributed by atoms with Crippen LogP contribution in [0.5, 0.6) is 0 Å². The van der Waals surface area contributed by atoms with E-state index in [-0.39, 0.29) is 17.4 Å². The van der Waals surface area contributed by atoms with Crippen molar-refractivity contribution in [3.05, 3.63) is 95.1 Å². The zero-order valence-corrected chi connectivity index (χ0v) is 17.3. The number of hydrogen-bond donors (Lipinski definition) is 1. The Kier molecular flexibility index (Phi) is 5.84. The maximum Gasteiger partial charge on any atom is 0.274 e. The van der Waals surface area contributed by atoms with Gasteiger partial charge in [-0.1, -0.05) is 42.5 Å². The first-order valence-corrected chi connectivity index (χ1v) is 10.1. The molecule has 1 amide bonds. The minimum absolute atomic E-state index is 0.158. The van der Waals surface area contributed by atoms with Crippen LogP contribution < -0.4 is 5.32 Å². The molecule has 7 heteroatoms. The Hall–Kier alpha value is -3.87. The number of halogens is 1. The lowest BCUT2D eigenvalue weighted by Crippen LogP contribution is -2.24. The van der Waals surface area contributed by atoms with E-state index in [1.807, 2.05) is 30.3 Å². The third-order valence-corrected chi connectivity index (χ3v) is 5.06. The molecular formula is C24H22FN5O. The number of carbonyl (C=O) groups is 1. The summed E-state index contributed by atoms with van der Waals surface area (Å²) in [7, 11) is 0. The number of pyridine rings is 1. The quantitative estimate of drug-likeness (QED) is 0.510. The Morgan fingerprint density at radius 2 is 1.84 bits per heavy atom. The second-order valence-corrected chi connectivity index (χ2v) is 7.20. The number of rotatable bonds is 6. The predicted octanol–water partition coefficient (Wildman–Crippen LogP) is 4.27. The van der Waals surface area contributed by atoms with Gasteiger partial charge in [-0.3, -0.25) is 9.78 Å². The minimum atomic E-state index is -0.356. The van der Waals surface area contributed by atoms with E-state index < -0.39 is 0 Å². The standard InChI is InChI=1S/C24H22FN5O/c1-3-17-7-9-18(10-8-17)15-27-24(31)22-23(21-6-4-5-13-26-21)30(29-28-22)19-11-12-20(25)16(2)14-19/h4-14H,3,15H2,1-2H3,(H,27,31). The number of nitrogens with one attached hydrogen (secondary N) is 1. The molecule has 4 aromatic rings. The molecule has 0 atom stereocenters. The molecule has 6 nitrogen and oxygen atoms in total. The zero-order chi connectivity index (χ0) is 21.8. The van der Waals surface area contributed by atoms with E-state index in [1.165, 1.54) is 16.3 Å². The smallest absolute Gasteiger partial charge is 0.274 e. The van der Waals surface area contributed by atoms with Gasteiger partial charge in [0.1, 0.15) is 11.5 Å². The lowest BCUT2D eigenvalue weighted by atomic mass is 10.1. The highest BCUT2D eigenvalue weighted by Crippen LogP contribution is 2.24. The number of carbonyl (C=O) groups excluding carboxylic acids is 1. The third kappa shape index (κ3) is 4.35. The first-order valence-electron chi connectivity index (χ1n) is 10.1. The summed E-state index contributed by atoms with van der Waals surface area (Å²) >= 11 is 0. The highest BCUT2D eigenvalue weighted by Gasteiger charge is 2.23. The summed E-state index contributed by atoms with van der Waals surface area (Å²) in [5.74, 6) is -0.666. The number of hydrogen-bond acceptors (Lipinski definition) is 4. The van der Waals surface area contributed by atoms with E-state index in [0.29, 0.717) is 29.2 Å². The lowest BCUT2D eigenvalue weighted by molar-refractivity contribution is 0.0946. The Morgan fingerprint density at radius 3 is 2.52 bits per heavy atom. The maximum absolute atomic E-state index is 13.8. The van der Waals surface area contributed by atoms with Gasteiger partial charge in [0.05, 0.1) is 11.4 Å². The van der Waals surface area contributed by atoms with Crippen molar-refractivity contribution in [2.45, 2.75) is 26.8 Å². The Morgan fingerprint density at radius 1 is 1.06 bits per heavy atom. The van der Waals surface area contributed by atoms with Crippen molar-refractivity contribution in [3.8, 4) is 17.1 Å². The maximum atomic E-state index is 13.8. The van der Waals surface area contributed by atoms with Crippen LogP contribution in [0.25, 0.3) is 17.1 Å². The number of nitrogens with zero attached hydrogens (tertiary/aromatic N) is 4. The van der Waals surface area contributed by atoms with Crippen LogP contribution in [-0.2, 0) is 13.0 Å². The molecule has 0 saturated heterocycles. The van der Waals surface area contributed by atoms with Crippen LogP contribution >= 0.6 is 0 Å². The van der Waals surface area contributed by atoms with Crippen molar-refractivity contribution < 1.29 is 9.18 Å². The molecule has 0 bridgehead atoms. The third-order valence-electron chi connectivity index (χ3n) is 5.06. The van der Waals surface area contributed by atoms with Gasteiger partial charge < -0.3 is 5.32 Å². The number of aromatic nitrogens is 4. The predicted molar refractivity (Wildman–Crippen MR) is 116 cm³/mol. The van der Waals surface area contributed by atoms with Crippen LogP contribution in [0, 0.1) is 12.7 Å². The molecule has 2 aromatic carbocycles. The molecular weight excluding hydrogens is 393 g/mol. The Balaban J connectivity index is 1.67. The van der Waals surface area contributed by atoms with E-state index >= 15 is 0 Å². The lowest BCUT2D eigenvalue weighted by Gasteiger charge is -2.09. The molecule has 4 rings (SSSR count). The summed E-state index contributed by atoms with van der Waals surface area (Å²) < 4.78 is 15.3. The van der Waals surface area contributed by atoms with Crippen LogP contribution in [-0.4, -0.2) is 25.9 Å². The highest BCUT2D eigenvalue weighted by atomic mass is 19.1. The monoisotopic (exact) mass is 415 g/mol. The fraction of sp³-hybridized carbons (Fsp3) is 0.167. The molecule has 1 N–H and O–H groups in total. The first-order chi connectivity index (χ1) is 15.1. The van der Waals surface area contributed by atoms with Crippen LogP contribution in [0.4, 0.5) is 4.39 Å². The van der Waals surface area contributed by atoms with Crippen LogP contribution in [0.3, 0.4) is 0 Å². The average Bonchev–Trinajstić information content (AvgIpc) is 3.25. The summed E-state index contributed by atoms with van der Waals surface area (Å²) in [6, 6.07) is 18.1. The van der Waals surface area contributed by atoms with Crippen molar-refractivity contribution >= 4 is 5.91 Å². The van der Waals surface area contributed by atoms with Crippen molar-refractivity contribution in [3.63, 3.8) is 0 Å². The fourth-order valence-electron chi connectivity index (χ4n) is 3.27. The van der Waals surface area contributed by atoms with Gasteiger partial charge in [-0.15, -0.1) is 5.10 Å². The molecule has 0 radical (unpaired) electrons. The normalized spacial score (nSPS) is 10.8. The van der Waals surface area contributed by atoms with Crippen LogP contribution in [0.1, 0.15) is 34.1 Å². The average molecular weight is 415 g/mol. The summed E-state index contributed by atoms with van der Waals surface area (Å²) in [6.07, 6.45) is 2.60. The van der Waals surface area contributed by atoms with Gasteiger partial charge in [0.15, 0.2) is 5.69 Å². The number of amides is 1. The molecule has 156 valence electrons. The molecule has 0 unspecified atom stereocenters. The molecule has 2 heterocycles. The molecule has 31 heavy (non-hydrogen) atoms. The van der Waals surface area contributed by atoms with Gasteiger partial charge >= 0.3 is 0 Å². The van der Waals surface area contributed by atoms with Gasteiger partial charge in [0.2, 0.25) is 0 Å². The Labute approximate surface area is 179 Å². The topological polar surface area (TPSA) is 72.7 Å². The molecule has 0 aliphatic carbocycles. The SMILES string of the molecule is CCc1ccc(CNC(=O)c2nnn(-c3ccc(F)c(C)c3)c2-c2ccccn2)cc1. The fourth-order valence-corrected chi connectivity index (χ4v) is 3.27. The van der Waals surface area contributed by atoms with Gasteiger partial charge in [-0.05, 0) is 60.4 Å². The molecule has 0 fully saturated rings. The molecule has 0 saturated carbocycles. The van der Waals surface area contributed by atoms with E-state index in [9.17, 15) is 9.18 Å². The number of aryl methyl sites for hydroxylation is 2. The summed E-state index contributed by atoms with van der Waals surface area (Å²) in [5, 5.41) is 11.2.